The van der Waals surface area contributed by atoms with Crippen LogP contribution in [0.15, 0.2) is 62.4 Å². The van der Waals surface area contributed by atoms with Gasteiger partial charge in [-0.25, -0.2) is 8.42 Å². The fourth-order valence-corrected chi connectivity index (χ4v) is 8.29. The van der Waals surface area contributed by atoms with Gasteiger partial charge in [0.2, 0.25) is 0 Å². The van der Waals surface area contributed by atoms with Gasteiger partial charge in [0, 0.05) is 23.3 Å². The zero-order chi connectivity index (χ0) is 23.4. The second-order valence-electron chi connectivity index (χ2n) is 10.7. The quantitative estimate of drug-likeness (QED) is 0.645. The average Bonchev–Trinajstić information content (AvgIpc) is 3.26. The first kappa shape index (κ1) is 22.5. The van der Waals surface area contributed by atoms with Crippen molar-refractivity contribution < 1.29 is 13.2 Å². The molecule has 4 aliphatic rings. The molecule has 2 heterocycles. The molecule has 6 nitrogen and oxygen atoms in total. The van der Waals surface area contributed by atoms with E-state index in [2.05, 4.69) is 36.3 Å². The summed E-state index contributed by atoms with van der Waals surface area (Å²) in [7, 11) is -3.42. The van der Waals surface area contributed by atoms with Crippen molar-refractivity contribution in [2.45, 2.75) is 93.9 Å². The van der Waals surface area contributed by atoms with E-state index in [1.807, 2.05) is 18.2 Å². The number of fused-ring (bicyclic) bond motifs is 1. The Hall–Kier alpha value is -2.28. The van der Waals surface area contributed by atoms with E-state index in [1.54, 1.807) is 12.3 Å². The summed E-state index contributed by atoms with van der Waals surface area (Å²) in [6.07, 6.45) is 7.81. The largest absolute Gasteiger partial charge is 0.362 e. The maximum atomic E-state index is 13.6. The predicted octanol–water partition coefficient (Wildman–Crippen LogP) is 5.36. The Bertz CT molecular complexity index is 1190. The van der Waals surface area contributed by atoms with E-state index < -0.39 is 15.3 Å². The molecule has 2 aliphatic heterocycles. The van der Waals surface area contributed by atoms with E-state index in [4.69, 9.17) is 0 Å². The third kappa shape index (κ3) is 3.50. The Morgan fingerprint density at radius 3 is 2.61 bits per heavy atom. The molecule has 0 saturated heterocycles. The molecule has 1 fully saturated rings. The van der Waals surface area contributed by atoms with Crippen molar-refractivity contribution in [3.8, 4) is 0 Å². The number of ketones is 1. The molecule has 0 aromatic heterocycles. The number of rotatable bonds is 4. The number of carbonyl (C=O) groups is 1. The highest BCUT2D eigenvalue weighted by molar-refractivity contribution is 7.92. The zero-order valence-corrected chi connectivity index (χ0v) is 20.5. The number of sulfone groups is 1. The number of allylic oxidation sites excluding steroid dienone is 2. The van der Waals surface area contributed by atoms with E-state index >= 15 is 0 Å². The van der Waals surface area contributed by atoms with Crippen LogP contribution in [0.2, 0.25) is 0 Å². The number of nitrogens with zero attached hydrogens (tertiary/aromatic N) is 2. The van der Waals surface area contributed by atoms with Crippen molar-refractivity contribution in [2.24, 2.45) is 15.6 Å². The van der Waals surface area contributed by atoms with Gasteiger partial charge in [-0.05, 0) is 48.8 Å². The molecule has 5 rings (SSSR count). The fraction of sp³-hybridized carbons (Fsp3) is 0.577. The summed E-state index contributed by atoms with van der Waals surface area (Å²) in [6.45, 7) is 6.30. The minimum Gasteiger partial charge on any atom is -0.362 e. The van der Waals surface area contributed by atoms with E-state index in [1.165, 1.54) is 0 Å². The average molecular weight is 468 g/mol. The van der Waals surface area contributed by atoms with Crippen LogP contribution in [0, 0.1) is 5.41 Å². The topological polar surface area (TPSA) is 88.0 Å². The molecule has 2 aliphatic carbocycles. The molecular formula is C26H33N3O3S. The SMILES string of the molecule is CC[C@]1(c2cccc(S(=O)(=O)C3CCCCC3)c2)C2=CN=NC2NC2=C1C(=O)CC(C)(C)C2. The maximum Gasteiger partial charge on any atom is 0.181 e. The molecule has 1 N–H and O–H groups in total. The van der Waals surface area contributed by atoms with Gasteiger partial charge >= 0.3 is 0 Å². The Balaban J connectivity index is 1.68. The number of benzene rings is 1. The molecule has 1 saturated carbocycles. The molecule has 33 heavy (non-hydrogen) atoms. The van der Waals surface area contributed by atoms with Crippen molar-refractivity contribution in [1.82, 2.24) is 5.32 Å². The standard InChI is InChI=1S/C26H33N3O3S/c1-4-26(17-9-8-12-19(13-17)33(31,32)18-10-6-5-7-11-18)20-16-27-29-24(20)28-21-14-25(2,3)15-22(30)23(21)26/h8-9,12-13,16,18,24,28H,4-7,10-11,14-15H2,1-3H3/t24?,26-/m0/s1. The van der Waals surface area contributed by atoms with Gasteiger partial charge in [0.1, 0.15) is 0 Å². The summed E-state index contributed by atoms with van der Waals surface area (Å²) in [5.41, 5.74) is 2.64. The lowest BCUT2D eigenvalue weighted by atomic mass is 9.59. The van der Waals surface area contributed by atoms with Crippen LogP contribution in [0.1, 0.15) is 77.7 Å². The Kier molecular flexibility index (Phi) is 5.39. The van der Waals surface area contributed by atoms with Gasteiger partial charge in [-0.15, -0.1) is 0 Å². The number of carbonyl (C=O) groups excluding carboxylic acids is 1. The van der Waals surface area contributed by atoms with Gasteiger partial charge < -0.3 is 5.32 Å². The summed E-state index contributed by atoms with van der Waals surface area (Å²) in [6, 6.07) is 7.35. The summed E-state index contributed by atoms with van der Waals surface area (Å²) < 4.78 is 27.1. The number of nitrogens with one attached hydrogen (secondary N) is 1. The number of azo groups is 1. The fourth-order valence-electron chi connectivity index (χ4n) is 6.40. The van der Waals surface area contributed by atoms with Gasteiger partial charge in [0.25, 0.3) is 0 Å². The Labute approximate surface area is 196 Å². The van der Waals surface area contributed by atoms with Gasteiger partial charge in [-0.3, -0.25) is 4.79 Å². The van der Waals surface area contributed by atoms with E-state index in [0.717, 1.165) is 60.9 Å². The molecule has 0 spiro atoms. The van der Waals surface area contributed by atoms with Crippen molar-refractivity contribution in [3.63, 3.8) is 0 Å². The minimum absolute atomic E-state index is 0.127. The number of hydrogen-bond acceptors (Lipinski definition) is 6. The third-order valence-corrected chi connectivity index (χ3v) is 10.2. The van der Waals surface area contributed by atoms with Crippen LogP contribution < -0.4 is 5.32 Å². The first-order valence-electron chi connectivity index (χ1n) is 12.2. The van der Waals surface area contributed by atoms with Crippen LogP contribution in [0.4, 0.5) is 0 Å². The maximum absolute atomic E-state index is 13.6. The Morgan fingerprint density at radius 2 is 1.88 bits per heavy atom. The van der Waals surface area contributed by atoms with Gasteiger partial charge in [0.05, 0.1) is 21.8 Å². The molecule has 1 unspecified atom stereocenters. The van der Waals surface area contributed by atoms with Gasteiger partial charge in [-0.1, -0.05) is 52.2 Å². The second-order valence-corrected chi connectivity index (χ2v) is 13.0. The van der Waals surface area contributed by atoms with Crippen molar-refractivity contribution in [2.75, 3.05) is 0 Å². The summed E-state index contributed by atoms with van der Waals surface area (Å²) in [5.74, 6) is 0.127. The summed E-state index contributed by atoms with van der Waals surface area (Å²) in [5, 5.41) is 11.8. The van der Waals surface area contributed by atoms with Crippen molar-refractivity contribution in [1.29, 1.82) is 0 Å². The third-order valence-electron chi connectivity index (χ3n) is 7.96. The van der Waals surface area contributed by atoms with E-state index in [-0.39, 0.29) is 22.6 Å². The normalized spacial score (nSPS) is 29.4. The molecule has 176 valence electrons. The molecule has 1 aromatic carbocycles. The highest BCUT2D eigenvalue weighted by Gasteiger charge is 2.53. The molecule has 0 radical (unpaired) electrons. The first-order chi connectivity index (χ1) is 15.7. The second kappa shape index (κ2) is 7.90. The lowest BCUT2D eigenvalue weighted by molar-refractivity contribution is -0.119. The van der Waals surface area contributed by atoms with Crippen LogP contribution in [0.25, 0.3) is 0 Å². The molecule has 7 heteroatoms. The minimum atomic E-state index is -3.42. The van der Waals surface area contributed by atoms with Crippen LogP contribution in [-0.2, 0) is 20.0 Å². The predicted molar refractivity (Wildman–Crippen MR) is 127 cm³/mol. The summed E-state index contributed by atoms with van der Waals surface area (Å²) in [4.78, 5) is 14.0. The first-order valence-corrected chi connectivity index (χ1v) is 13.7. The monoisotopic (exact) mass is 467 g/mol. The highest BCUT2D eigenvalue weighted by Crippen LogP contribution is 2.54. The van der Waals surface area contributed by atoms with Crippen LogP contribution in [0.5, 0.6) is 0 Å². The molecule has 0 amide bonds. The molecule has 0 bridgehead atoms. The molecular weight excluding hydrogens is 434 g/mol. The lowest BCUT2D eigenvalue weighted by Gasteiger charge is -2.47. The van der Waals surface area contributed by atoms with Gasteiger partial charge in [0.15, 0.2) is 21.8 Å². The summed E-state index contributed by atoms with van der Waals surface area (Å²) >= 11 is 0. The number of Topliss-reactive ketones (excluding diaryl/α,β-unsaturated/α-hetero) is 1. The highest BCUT2D eigenvalue weighted by atomic mass is 32.2. The number of hydrogen-bond donors (Lipinski definition) is 1. The van der Waals surface area contributed by atoms with Crippen LogP contribution >= 0.6 is 0 Å². The molecule has 1 aromatic rings. The smallest absolute Gasteiger partial charge is 0.181 e. The van der Waals surface area contributed by atoms with Crippen molar-refractivity contribution >= 4 is 15.6 Å². The van der Waals surface area contributed by atoms with Crippen LogP contribution in [0.3, 0.4) is 0 Å². The Morgan fingerprint density at radius 1 is 1.12 bits per heavy atom. The lowest BCUT2D eigenvalue weighted by Crippen LogP contribution is -2.51. The van der Waals surface area contributed by atoms with Crippen molar-refractivity contribution in [3.05, 3.63) is 52.9 Å². The van der Waals surface area contributed by atoms with Crippen LogP contribution in [-0.4, -0.2) is 25.6 Å². The van der Waals surface area contributed by atoms with E-state index in [9.17, 15) is 13.2 Å². The molecule has 2 atom stereocenters. The van der Waals surface area contributed by atoms with E-state index in [0.29, 0.717) is 17.7 Å². The zero-order valence-electron chi connectivity index (χ0n) is 19.7. The van der Waals surface area contributed by atoms with Gasteiger partial charge in [-0.2, -0.15) is 10.2 Å².